The van der Waals surface area contributed by atoms with Crippen molar-refractivity contribution in [2.45, 2.75) is 141 Å². The maximum Gasteiger partial charge on any atom is 0.243 e. The van der Waals surface area contributed by atoms with E-state index in [4.69, 9.17) is 0 Å². The molecule has 0 spiro atoms. The quantitative estimate of drug-likeness (QED) is 0.0585. The summed E-state index contributed by atoms with van der Waals surface area (Å²) in [6, 6.07) is 43.0. The molecular weight excluding hydrogens is 1200 g/mol. The van der Waals surface area contributed by atoms with E-state index in [2.05, 4.69) is 25.8 Å². The number of aryl methyl sites for hydroxylation is 3. The number of rotatable bonds is 22. The van der Waals surface area contributed by atoms with Crippen LogP contribution in [0.15, 0.2) is 166 Å². The minimum absolute atomic E-state index is 0.00526. The number of benzene rings is 6. The van der Waals surface area contributed by atoms with E-state index in [0.717, 1.165) is 103 Å². The molecule has 478 valence electrons. The summed E-state index contributed by atoms with van der Waals surface area (Å²) in [6.45, 7) is 4.66. The number of piperidine rings is 4. The molecule has 5 aliphatic rings. The van der Waals surface area contributed by atoms with Gasteiger partial charge in [-0.1, -0.05) is 78.9 Å². The fraction of sp³-hybridized carbons (Fsp3) is 0.435. The van der Waals surface area contributed by atoms with Gasteiger partial charge in [-0.15, -0.1) is 0 Å². The lowest BCUT2D eigenvalue weighted by Gasteiger charge is -2.38. The molecule has 17 nitrogen and oxygen atoms in total. The minimum Gasteiger partial charge on any atom is -0.372 e. The molecule has 6 aromatic carbocycles. The molecule has 0 radical (unpaired) electrons. The molecule has 5 atom stereocenters. The Hall–Kier alpha value is -7.01. The Morgan fingerprint density at radius 2 is 0.789 bits per heavy atom. The average Bonchev–Trinajstić information content (AvgIpc) is 1.28. The molecular formula is C69H83FN8O9S3. The van der Waals surface area contributed by atoms with Gasteiger partial charge in [0.25, 0.3) is 0 Å². The molecule has 3 amide bonds. The maximum absolute atomic E-state index is 14.7. The molecule has 0 aliphatic carbocycles. The molecule has 5 aliphatic heterocycles. The summed E-state index contributed by atoms with van der Waals surface area (Å²) < 4.78 is 103. The summed E-state index contributed by atoms with van der Waals surface area (Å²) in [4.78, 5) is 46.1. The molecule has 21 heteroatoms. The number of carbonyl (C=O) groups is 3. The highest BCUT2D eigenvalue weighted by Crippen LogP contribution is 2.35. The van der Waals surface area contributed by atoms with Crippen LogP contribution >= 0.6 is 0 Å². The van der Waals surface area contributed by atoms with E-state index in [1.54, 1.807) is 24.3 Å². The number of sulfonamides is 3. The predicted molar refractivity (Wildman–Crippen MR) is 347 cm³/mol. The van der Waals surface area contributed by atoms with Crippen LogP contribution in [0.4, 0.5) is 15.8 Å². The average molecular weight is 1280 g/mol. The van der Waals surface area contributed by atoms with E-state index in [0.29, 0.717) is 51.5 Å². The number of nitrogens with zero attached hydrogens (tertiary/aromatic N) is 5. The van der Waals surface area contributed by atoms with Crippen LogP contribution in [-0.2, 0) is 63.7 Å². The van der Waals surface area contributed by atoms with Crippen molar-refractivity contribution in [2.24, 2.45) is 0 Å². The normalized spacial score (nSPS) is 21.6. The highest BCUT2D eigenvalue weighted by molar-refractivity contribution is 7.89. The Bertz CT molecular complexity index is 3800. The topological polar surface area (TPSA) is 206 Å². The largest absolute Gasteiger partial charge is 0.372 e. The van der Waals surface area contributed by atoms with Gasteiger partial charge in [0.1, 0.15) is 5.82 Å². The van der Waals surface area contributed by atoms with Crippen LogP contribution in [-0.4, -0.2) is 139 Å². The number of nitrogens with one attached hydrogen (secondary N) is 3. The third-order valence-electron chi connectivity index (χ3n) is 18.5. The third-order valence-corrected chi connectivity index (χ3v) is 24.1. The van der Waals surface area contributed by atoms with E-state index >= 15 is 0 Å². The highest BCUT2D eigenvalue weighted by atomic mass is 32.2. The Morgan fingerprint density at radius 3 is 1.26 bits per heavy atom. The molecule has 5 unspecified atom stereocenters. The van der Waals surface area contributed by atoms with Gasteiger partial charge in [-0.05, 0) is 189 Å². The second-order valence-corrected chi connectivity index (χ2v) is 30.8. The number of hydrogen-bond acceptors (Lipinski definition) is 11. The van der Waals surface area contributed by atoms with Crippen molar-refractivity contribution in [3.8, 4) is 0 Å². The van der Waals surface area contributed by atoms with Crippen molar-refractivity contribution >= 4 is 59.2 Å². The second-order valence-electron chi connectivity index (χ2n) is 25.0. The van der Waals surface area contributed by atoms with E-state index in [1.807, 2.05) is 103 Å². The van der Waals surface area contributed by atoms with Gasteiger partial charge in [0.05, 0.1) is 14.7 Å². The minimum atomic E-state index is -4.04. The van der Waals surface area contributed by atoms with Crippen LogP contribution in [0, 0.1) is 5.82 Å². The van der Waals surface area contributed by atoms with Crippen molar-refractivity contribution in [1.82, 2.24) is 28.9 Å². The standard InChI is InChI=1S/C69H83FN8O9S3/c70-58-22-28-64(29-23-58)88(82,83)76-41-11-18-59(48-76)71-67(79)35-20-52-14-9-16-54(42-52)57-45-61(50-78(47-57)89(84,85)65-30-24-62(25-31-65)74-37-5-2-6-38-74)73-69(81)36-21-53-15-10-17-55(43-53)56-44-60(72-68(80)34-19-51-12-3-1-4-13-51)49-77(46-56)90(86,87)66-32-26-63(27-33-66)75-39-7-8-40-75/h1,3-4,9-10,12-17,22-33,42-43,56-57,59-61H,2,5-8,11,18-21,34-41,44-50H2,(H,71,79)(H,72,80)(H,73,81). The van der Waals surface area contributed by atoms with Crippen molar-refractivity contribution in [1.29, 1.82) is 0 Å². The fourth-order valence-electron chi connectivity index (χ4n) is 13.6. The summed E-state index contributed by atoms with van der Waals surface area (Å²) in [5.74, 6) is -1.75. The van der Waals surface area contributed by atoms with Crippen LogP contribution < -0.4 is 25.8 Å². The zero-order valence-electron chi connectivity index (χ0n) is 51.0. The van der Waals surface area contributed by atoms with Gasteiger partial charge < -0.3 is 25.8 Å². The van der Waals surface area contributed by atoms with E-state index in [-0.39, 0.29) is 96.2 Å². The first-order valence-electron chi connectivity index (χ1n) is 32.0. The van der Waals surface area contributed by atoms with Crippen molar-refractivity contribution in [3.05, 3.63) is 185 Å². The Balaban J connectivity index is 0.760. The summed E-state index contributed by atoms with van der Waals surface area (Å²) in [6.07, 6.45) is 9.46. The van der Waals surface area contributed by atoms with Crippen LogP contribution in [0.25, 0.3) is 0 Å². The summed E-state index contributed by atoms with van der Waals surface area (Å²) >= 11 is 0. The van der Waals surface area contributed by atoms with Crippen LogP contribution in [0.5, 0.6) is 0 Å². The predicted octanol–water partition coefficient (Wildman–Crippen LogP) is 8.91. The lowest BCUT2D eigenvalue weighted by atomic mass is 9.87. The molecule has 90 heavy (non-hydrogen) atoms. The zero-order valence-corrected chi connectivity index (χ0v) is 53.5. The lowest BCUT2D eigenvalue weighted by molar-refractivity contribution is -0.122. The number of anilines is 2. The van der Waals surface area contributed by atoms with Gasteiger partial charge in [0, 0.05) is 114 Å². The monoisotopic (exact) mass is 1280 g/mol. The third kappa shape index (κ3) is 16.2. The Morgan fingerprint density at radius 1 is 0.400 bits per heavy atom. The molecule has 3 N–H and O–H groups in total. The SMILES string of the molecule is O=C(CCc1cccc(C2CC(NC(=O)CCc3cccc(C4CC(NC(=O)CCc5ccccc5)CN(S(=O)(=O)c5ccc(N6CCCC6)cc5)C4)c3)CN(S(=O)(=O)c3ccc(N4CCCCC4)cc3)C2)c1)NC1CCCN(S(=O)(=O)c2ccc(F)cc2)C1. The van der Waals surface area contributed by atoms with Crippen molar-refractivity contribution in [3.63, 3.8) is 0 Å². The van der Waals surface area contributed by atoms with Gasteiger partial charge in [-0.3, -0.25) is 14.4 Å². The van der Waals surface area contributed by atoms with E-state index in [1.165, 1.54) is 31.5 Å². The first-order chi connectivity index (χ1) is 43.4. The van der Waals surface area contributed by atoms with Crippen LogP contribution in [0.2, 0.25) is 0 Å². The Kier molecular flexibility index (Phi) is 20.8. The molecule has 6 aromatic rings. The number of hydrogen-bond donors (Lipinski definition) is 3. The molecule has 11 rings (SSSR count). The molecule has 0 bridgehead atoms. The zero-order chi connectivity index (χ0) is 62.8. The van der Waals surface area contributed by atoms with Gasteiger partial charge >= 0.3 is 0 Å². The van der Waals surface area contributed by atoms with Crippen LogP contribution in [0.1, 0.15) is 117 Å². The summed E-state index contributed by atoms with van der Waals surface area (Å²) in [5, 5.41) is 9.43. The first kappa shape index (κ1) is 64.5. The van der Waals surface area contributed by atoms with Gasteiger partial charge in [0.15, 0.2) is 0 Å². The van der Waals surface area contributed by atoms with E-state index in [9.17, 15) is 44.0 Å². The van der Waals surface area contributed by atoms with Crippen molar-refractivity contribution in [2.75, 3.05) is 75.2 Å². The molecule has 0 saturated carbocycles. The number of amides is 3. The highest BCUT2D eigenvalue weighted by Gasteiger charge is 2.39. The van der Waals surface area contributed by atoms with E-state index < -0.39 is 54.0 Å². The van der Waals surface area contributed by atoms with Gasteiger partial charge in [-0.2, -0.15) is 12.9 Å². The molecule has 5 fully saturated rings. The number of carbonyl (C=O) groups excluding carboxylic acids is 3. The van der Waals surface area contributed by atoms with Crippen molar-refractivity contribution < 1.29 is 44.0 Å². The molecule has 5 saturated heterocycles. The number of halogens is 1. The first-order valence-corrected chi connectivity index (χ1v) is 36.3. The lowest BCUT2D eigenvalue weighted by Crippen LogP contribution is -2.52. The summed E-state index contributed by atoms with van der Waals surface area (Å²) in [7, 11) is -11.9. The molecule has 0 aromatic heterocycles. The smallest absolute Gasteiger partial charge is 0.243 e. The van der Waals surface area contributed by atoms with Gasteiger partial charge in [-0.25, -0.2) is 29.6 Å². The fourth-order valence-corrected chi connectivity index (χ4v) is 18.2. The Labute approximate surface area is 530 Å². The molecule has 5 heterocycles. The van der Waals surface area contributed by atoms with Gasteiger partial charge in [0.2, 0.25) is 47.8 Å². The van der Waals surface area contributed by atoms with Crippen LogP contribution in [0.3, 0.4) is 0 Å². The summed E-state index contributed by atoms with van der Waals surface area (Å²) in [5.41, 5.74) is 6.53. The maximum atomic E-state index is 14.7. The second kappa shape index (κ2) is 29.1.